The van der Waals surface area contributed by atoms with E-state index in [1.165, 1.54) is 21.3 Å². The number of hydrogen-bond donors (Lipinski definition) is 1. The van der Waals surface area contributed by atoms with Crippen LogP contribution >= 0.6 is 11.6 Å². The Labute approximate surface area is 385 Å². The lowest BCUT2D eigenvalue weighted by Gasteiger charge is -2.38. The molecule has 2 aliphatic heterocycles. The van der Waals surface area contributed by atoms with Crippen LogP contribution in [0.4, 0.5) is 0 Å². The van der Waals surface area contributed by atoms with Crippen LogP contribution in [0.2, 0.25) is 5.02 Å². The van der Waals surface area contributed by atoms with E-state index in [0.717, 1.165) is 5.39 Å². The number of cyclic esters (lactones) is 1. The van der Waals surface area contributed by atoms with Gasteiger partial charge in [0.15, 0.2) is 23.0 Å². The van der Waals surface area contributed by atoms with Crippen LogP contribution in [-0.2, 0) is 39.8 Å². The Bertz CT molecular complexity index is 2670. The molecule has 4 atom stereocenters. The van der Waals surface area contributed by atoms with Gasteiger partial charge in [0.05, 0.1) is 72.4 Å². The number of halogens is 1. The van der Waals surface area contributed by atoms with Gasteiger partial charge in [0.1, 0.15) is 11.9 Å². The van der Waals surface area contributed by atoms with Crippen molar-refractivity contribution in [1.82, 2.24) is 9.88 Å². The van der Waals surface area contributed by atoms with E-state index in [1.807, 2.05) is 6.07 Å². The number of rotatable bonds is 17. The van der Waals surface area contributed by atoms with Crippen molar-refractivity contribution in [3.05, 3.63) is 105 Å². The molecule has 0 radical (unpaired) electrons. The highest BCUT2D eigenvalue weighted by atomic mass is 35.5. The standard InChI is InChI=1S/C49H49ClN2O14/c1-26-31(32-20-30(58-2)12-13-36(32)52(26)48(56)27-8-10-29(50)11-9-27)23-41(53)51-16-6-7-17-62-42(54)14-15-43(55)66-46-34-22-38-37(64-25-65-38)21-33(34)44(45-35(46)24-63-49(45)57)28-18-39(59-3)47(61-5)40(19-28)60-4/h8-13,18-22,35,44-46H,6-7,14-17,23-25H2,1-5H3,(H,51,53)/t35?,44-,45+,46+/m0/s1. The molecule has 17 heteroatoms. The van der Waals surface area contributed by atoms with Crippen molar-refractivity contribution in [1.29, 1.82) is 0 Å². The molecule has 5 aromatic rings. The van der Waals surface area contributed by atoms with Crippen molar-refractivity contribution < 1.29 is 66.6 Å². The summed E-state index contributed by atoms with van der Waals surface area (Å²) in [6.45, 7) is 2.22. The fourth-order valence-corrected chi connectivity index (χ4v) is 9.21. The van der Waals surface area contributed by atoms with Gasteiger partial charge in [-0.3, -0.25) is 28.5 Å². The van der Waals surface area contributed by atoms with Gasteiger partial charge < -0.3 is 47.9 Å². The first-order chi connectivity index (χ1) is 31.9. The maximum atomic E-state index is 13.6. The predicted octanol–water partition coefficient (Wildman–Crippen LogP) is 7.04. The molecule has 1 saturated heterocycles. The fraction of sp³-hybridized carbons (Fsp3) is 0.367. The number of carbonyl (C=O) groups is 5. The predicted molar refractivity (Wildman–Crippen MR) is 238 cm³/mol. The molecular weight excluding hydrogens is 876 g/mol. The molecule has 0 bridgehead atoms. The molecule has 0 spiro atoms. The number of aromatic nitrogens is 1. The SMILES string of the molecule is COc1ccc2c(c1)c(CC(=O)NCCCCOC(=O)CCC(=O)O[C@@H]1c3cc4c(cc3[C@H](c3cc(OC)c(OC)c(OC)c3)[C@@H]3C(=O)OCC13)OCO4)c(C)n2C(=O)c1ccc(Cl)cc1. The number of benzene rings is 4. The molecule has 1 aliphatic carbocycles. The van der Waals surface area contributed by atoms with Gasteiger partial charge in [-0.05, 0) is 103 Å². The molecule has 66 heavy (non-hydrogen) atoms. The third kappa shape index (κ3) is 9.01. The maximum absolute atomic E-state index is 13.6. The summed E-state index contributed by atoms with van der Waals surface area (Å²) in [7, 11) is 6.07. The van der Waals surface area contributed by atoms with Crippen LogP contribution in [-0.4, -0.2) is 89.3 Å². The van der Waals surface area contributed by atoms with Crippen LogP contribution < -0.4 is 33.7 Å². The van der Waals surface area contributed by atoms with E-state index in [9.17, 15) is 24.0 Å². The third-order valence-electron chi connectivity index (χ3n) is 12.3. The van der Waals surface area contributed by atoms with Crippen LogP contribution in [0.1, 0.15) is 76.0 Å². The summed E-state index contributed by atoms with van der Waals surface area (Å²) in [4.78, 5) is 66.6. The van der Waals surface area contributed by atoms with Crippen molar-refractivity contribution >= 4 is 52.2 Å². The highest BCUT2D eigenvalue weighted by Gasteiger charge is 2.54. The molecule has 4 aromatic carbocycles. The Balaban J connectivity index is 0.852. The van der Waals surface area contributed by atoms with Crippen molar-refractivity contribution in [3.8, 4) is 34.5 Å². The van der Waals surface area contributed by atoms with Crippen LogP contribution in [0.25, 0.3) is 10.9 Å². The number of unbranched alkanes of at least 4 members (excludes halogenated alkanes) is 1. The first kappa shape index (κ1) is 45.6. The number of fused-ring (bicyclic) bond motifs is 4. The number of nitrogens with zero attached hydrogens (tertiary/aromatic N) is 1. The molecule has 3 heterocycles. The van der Waals surface area contributed by atoms with E-state index >= 15 is 0 Å². The Morgan fingerprint density at radius 2 is 1.50 bits per heavy atom. The summed E-state index contributed by atoms with van der Waals surface area (Å²) < 4.78 is 52.4. The van der Waals surface area contributed by atoms with E-state index in [1.54, 1.807) is 79.3 Å². The molecule has 0 saturated carbocycles. The second kappa shape index (κ2) is 19.7. The molecule has 1 N–H and O–H groups in total. The lowest BCUT2D eigenvalue weighted by molar-refractivity contribution is -0.157. The molecular formula is C49H49ClN2O14. The minimum Gasteiger partial charge on any atom is -0.497 e. The minimum absolute atomic E-state index is 0.00312. The van der Waals surface area contributed by atoms with Crippen LogP contribution in [0, 0.1) is 18.8 Å². The number of amides is 1. The lowest BCUT2D eigenvalue weighted by Crippen LogP contribution is -2.36. The van der Waals surface area contributed by atoms with Gasteiger partial charge in [-0.1, -0.05) is 11.6 Å². The van der Waals surface area contributed by atoms with Crippen molar-refractivity contribution in [3.63, 3.8) is 0 Å². The number of esters is 3. The fourth-order valence-electron chi connectivity index (χ4n) is 9.08. The first-order valence-electron chi connectivity index (χ1n) is 21.4. The smallest absolute Gasteiger partial charge is 0.310 e. The van der Waals surface area contributed by atoms with Gasteiger partial charge >= 0.3 is 17.9 Å². The molecule has 16 nitrogen and oxygen atoms in total. The van der Waals surface area contributed by atoms with Crippen molar-refractivity contribution in [2.75, 3.05) is 55.0 Å². The van der Waals surface area contributed by atoms with Gasteiger partial charge in [0, 0.05) is 45.6 Å². The minimum atomic E-state index is -0.898. The normalized spacial score (nSPS) is 17.9. The quantitative estimate of drug-likeness (QED) is 0.0569. The van der Waals surface area contributed by atoms with Gasteiger partial charge in [-0.25, -0.2) is 0 Å². The molecule has 8 rings (SSSR count). The summed E-state index contributed by atoms with van der Waals surface area (Å²) in [6.07, 6.45) is -0.389. The zero-order valence-corrected chi connectivity index (χ0v) is 37.8. The van der Waals surface area contributed by atoms with Crippen LogP contribution in [0.5, 0.6) is 34.5 Å². The maximum Gasteiger partial charge on any atom is 0.310 e. The number of carbonyl (C=O) groups excluding carboxylic acids is 5. The van der Waals surface area contributed by atoms with E-state index in [0.29, 0.717) is 97.9 Å². The first-order valence-corrected chi connectivity index (χ1v) is 21.8. The number of methoxy groups -OCH3 is 4. The lowest BCUT2D eigenvalue weighted by atomic mass is 9.66. The number of hydrogen-bond acceptors (Lipinski definition) is 14. The number of ether oxygens (including phenoxy) is 9. The topological polar surface area (TPSA) is 185 Å². The largest absolute Gasteiger partial charge is 0.497 e. The van der Waals surface area contributed by atoms with Gasteiger partial charge in [0.25, 0.3) is 5.91 Å². The van der Waals surface area contributed by atoms with E-state index < -0.39 is 41.8 Å². The second-order valence-electron chi connectivity index (χ2n) is 16.0. The number of nitrogens with one attached hydrogen (secondary N) is 1. The third-order valence-corrected chi connectivity index (χ3v) is 12.5. The van der Waals surface area contributed by atoms with E-state index in [4.69, 9.17) is 54.2 Å². The van der Waals surface area contributed by atoms with Crippen molar-refractivity contribution in [2.45, 2.75) is 51.0 Å². The van der Waals surface area contributed by atoms with E-state index in [-0.39, 0.29) is 51.1 Å². The molecule has 346 valence electrons. The molecule has 1 amide bonds. The Kier molecular flexibility index (Phi) is 13.6. The molecule has 1 aromatic heterocycles. The zero-order chi connectivity index (χ0) is 46.6. The monoisotopic (exact) mass is 924 g/mol. The molecule has 3 aliphatic rings. The Hall–Kier alpha value is -6.94. The van der Waals surface area contributed by atoms with Gasteiger partial charge in [-0.15, -0.1) is 0 Å². The van der Waals surface area contributed by atoms with Gasteiger partial charge in [0.2, 0.25) is 18.4 Å². The summed E-state index contributed by atoms with van der Waals surface area (Å²) in [5.74, 6) is -1.33. The highest BCUT2D eigenvalue weighted by molar-refractivity contribution is 6.30. The highest BCUT2D eigenvalue weighted by Crippen LogP contribution is 2.56. The van der Waals surface area contributed by atoms with E-state index in [2.05, 4.69) is 5.32 Å². The molecule has 1 unspecified atom stereocenters. The zero-order valence-electron chi connectivity index (χ0n) is 37.1. The Morgan fingerprint density at radius 1 is 0.803 bits per heavy atom. The average molecular weight is 925 g/mol. The average Bonchev–Trinajstić information content (AvgIpc) is 4.02. The Morgan fingerprint density at radius 3 is 2.18 bits per heavy atom. The summed E-state index contributed by atoms with van der Waals surface area (Å²) >= 11 is 6.05. The summed E-state index contributed by atoms with van der Waals surface area (Å²) in [5, 5.41) is 4.16. The van der Waals surface area contributed by atoms with Crippen LogP contribution in [0.3, 0.4) is 0 Å². The summed E-state index contributed by atoms with van der Waals surface area (Å²) in [5.41, 5.74) is 4.41. The second-order valence-corrected chi connectivity index (χ2v) is 16.5. The van der Waals surface area contributed by atoms with Gasteiger partial charge in [-0.2, -0.15) is 0 Å². The molecule has 1 fully saturated rings. The van der Waals surface area contributed by atoms with Crippen LogP contribution in [0.15, 0.2) is 66.7 Å². The van der Waals surface area contributed by atoms with Crippen molar-refractivity contribution in [2.24, 2.45) is 11.8 Å². The summed E-state index contributed by atoms with van der Waals surface area (Å²) in [6, 6.07) is 19.1.